The van der Waals surface area contributed by atoms with E-state index in [1.165, 1.54) is 22.2 Å². The number of aromatic amines is 2. The van der Waals surface area contributed by atoms with E-state index in [2.05, 4.69) is 81.0 Å². The zero-order valence-electron chi connectivity index (χ0n) is 16.3. The minimum absolute atomic E-state index is 0.0597. The summed E-state index contributed by atoms with van der Waals surface area (Å²) in [4.78, 5) is 11.9. The first kappa shape index (κ1) is 16.9. The van der Waals surface area contributed by atoms with E-state index in [-0.39, 0.29) is 10.8 Å². The second-order valence-electron chi connectivity index (χ2n) is 9.02. The molecule has 0 amide bonds. The van der Waals surface area contributed by atoms with Gasteiger partial charge in [-0.2, -0.15) is 0 Å². The van der Waals surface area contributed by atoms with Crippen molar-refractivity contribution in [3.8, 4) is 0 Å². The molecule has 0 atom stereocenters. The Hall–Kier alpha value is -2.55. The average Bonchev–Trinajstić information content (AvgIpc) is 3.18. The number of fused-ring (bicyclic) bond motifs is 2. The fourth-order valence-electron chi connectivity index (χ4n) is 3.56. The highest BCUT2D eigenvalue weighted by Crippen LogP contribution is 2.30. The smallest absolute Gasteiger partial charge is 0.113 e. The molecule has 0 unspecified atom stereocenters. The van der Waals surface area contributed by atoms with Crippen molar-refractivity contribution < 1.29 is 0 Å². The van der Waals surface area contributed by atoms with Crippen LogP contribution in [0.2, 0.25) is 0 Å². The van der Waals surface area contributed by atoms with Crippen molar-refractivity contribution in [3.63, 3.8) is 0 Å². The standard InChI is InChI=1S/C23H27N3/c1-22(2,3)20-13-16-12-15(10-11-17(16)24-20)14-23(4,5)21-25-18-8-6-7-9-19(18)26-21/h6-13,24H,14H2,1-5H3,(H,25,26). The number of H-pyrrole nitrogens is 2. The van der Waals surface area contributed by atoms with E-state index in [1.54, 1.807) is 0 Å². The van der Waals surface area contributed by atoms with Crippen LogP contribution in [0.5, 0.6) is 0 Å². The maximum Gasteiger partial charge on any atom is 0.113 e. The van der Waals surface area contributed by atoms with E-state index in [9.17, 15) is 0 Å². The first-order chi connectivity index (χ1) is 12.2. The van der Waals surface area contributed by atoms with Gasteiger partial charge >= 0.3 is 0 Å². The van der Waals surface area contributed by atoms with Crippen LogP contribution in [0.25, 0.3) is 21.9 Å². The van der Waals surface area contributed by atoms with Crippen LogP contribution in [0.3, 0.4) is 0 Å². The lowest BCUT2D eigenvalue weighted by atomic mass is 9.84. The first-order valence-corrected chi connectivity index (χ1v) is 9.30. The second-order valence-corrected chi connectivity index (χ2v) is 9.02. The van der Waals surface area contributed by atoms with Gasteiger partial charge in [0.05, 0.1) is 11.0 Å². The van der Waals surface area contributed by atoms with Crippen molar-refractivity contribution >= 4 is 21.9 Å². The van der Waals surface area contributed by atoms with Crippen LogP contribution in [0.4, 0.5) is 0 Å². The summed E-state index contributed by atoms with van der Waals surface area (Å²) in [5.74, 6) is 1.04. The summed E-state index contributed by atoms with van der Waals surface area (Å²) < 4.78 is 0. The van der Waals surface area contributed by atoms with Crippen LogP contribution in [0, 0.1) is 0 Å². The summed E-state index contributed by atoms with van der Waals surface area (Å²) in [6.45, 7) is 11.2. The van der Waals surface area contributed by atoms with Crippen molar-refractivity contribution in [1.29, 1.82) is 0 Å². The molecule has 0 radical (unpaired) electrons. The third kappa shape index (κ3) is 3.03. The van der Waals surface area contributed by atoms with E-state index in [4.69, 9.17) is 4.98 Å². The van der Waals surface area contributed by atoms with Crippen LogP contribution in [0.1, 0.15) is 51.7 Å². The monoisotopic (exact) mass is 345 g/mol. The number of imidazole rings is 1. The molecule has 3 heteroatoms. The zero-order valence-corrected chi connectivity index (χ0v) is 16.3. The summed E-state index contributed by atoms with van der Waals surface area (Å²) in [7, 11) is 0. The number of rotatable bonds is 3. The Morgan fingerprint density at radius 3 is 2.35 bits per heavy atom. The number of para-hydroxylation sites is 2. The van der Waals surface area contributed by atoms with Gasteiger partial charge in [0.1, 0.15) is 5.82 Å². The maximum atomic E-state index is 4.82. The van der Waals surface area contributed by atoms with Gasteiger partial charge in [-0.1, -0.05) is 52.8 Å². The lowest BCUT2D eigenvalue weighted by Gasteiger charge is -2.22. The predicted molar refractivity (Wildman–Crippen MR) is 110 cm³/mol. The molecule has 0 fully saturated rings. The number of nitrogens with zero attached hydrogens (tertiary/aromatic N) is 1. The lowest BCUT2D eigenvalue weighted by Crippen LogP contribution is -2.22. The summed E-state index contributed by atoms with van der Waals surface area (Å²) in [5.41, 5.74) is 6.03. The minimum Gasteiger partial charge on any atom is -0.358 e. The van der Waals surface area contributed by atoms with Gasteiger partial charge in [0.2, 0.25) is 0 Å². The van der Waals surface area contributed by atoms with Gasteiger partial charge < -0.3 is 9.97 Å². The molecule has 134 valence electrons. The number of aromatic nitrogens is 3. The molecule has 0 aliphatic rings. The van der Waals surface area contributed by atoms with Crippen LogP contribution >= 0.6 is 0 Å². The molecular weight excluding hydrogens is 318 g/mol. The first-order valence-electron chi connectivity index (χ1n) is 9.30. The second kappa shape index (κ2) is 5.73. The predicted octanol–water partition coefficient (Wildman–Crippen LogP) is 5.86. The molecule has 0 aliphatic heterocycles. The fourth-order valence-corrected chi connectivity index (χ4v) is 3.56. The molecule has 2 aromatic heterocycles. The molecule has 26 heavy (non-hydrogen) atoms. The van der Waals surface area contributed by atoms with Gasteiger partial charge in [0.25, 0.3) is 0 Å². The van der Waals surface area contributed by atoms with E-state index >= 15 is 0 Å². The molecule has 4 rings (SSSR count). The summed E-state index contributed by atoms with van der Waals surface area (Å²) in [6.07, 6.45) is 0.943. The van der Waals surface area contributed by atoms with Crippen molar-refractivity contribution in [2.45, 2.75) is 51.9 Å². The lowest BCUT2D eigenvalue weighted by molar-refractivity contribution is 0.494. The molecule has 0 saturated carbocycles. The average molecular weight is 345 g/mol. The van der Waals surface area contributed by atoms with Crippen LogP contribution in [-0.2, 0) is 17.3 Å². The van der Waals surface area contributed by atoms with Gasteiger partial charge in [-0.25, -0.2) is 4.98 Å². The third-order valence-corrected chi connectivity index (χ3v) is 5.17. The molecule has 2 N–H and O–H groups in total. The Labute approximate surface area is 154 Å². The Balaban J connectivity index is 1.66. The summed E-state index contributed by atoms with van der Waals surface area (Å²) >= 11 is 0. The molecule has 0 saturated heterocycles. The van der Waals surface area contributed by atoms with Crippen molar-refractivity contribution in [1.82, 2.24) is 15.0 Å². The molecule has 3 nitrogen and oxygen atoms in total. The Kier molecular flexibility index (Phi) is 3.72. The number of hydrogen-bond donors (Lipinski definition) is 2. The maximum absolute atomic E-state index is 4.82. The third-order valence-electron chi connectivity index (χ3n) is 5.17. The molecular formula is C23H27N3. The van der Waals surface area contributed by atoms with Gasteiger partial charge in [-0.3, -0.25) is 0 Å². The molecule has 0 spiro atoms. The highest BCUT2D eigenvalue weighted by atomic mass is 14.9. The topological polar surface area (TPSA) is 44.5 Å². The Bertz CT molecular complexity index is 1040. The fraction of sp³-hybridized carbons (Fsp3) is 0.348. The minimum atomic E-state index is -0.0597. The van der Waals surface area contributed by atoms with Gasteiger partial charge in [-0.05, 0) is 47.7 Å². The zero-order chi connectivity index (χ0) is 18.5. The molecule has 2 heterocycles. The summed E-state index contributed by atoms with van der Waals surface area (Å²) in [5, 5.41) is 1.29. The van der Waals surface area contributed by atoms with E-state index in [1.807, 2.05) is 12.1 Å². The normalized spacial score (nSPS) is 13.0. The van der Waals surface area contributed by atoms with Crippen LogP contribution < -0.4 is 0 Å². The van der Waals surface area contributed by atoms with Crippen LogP contribution in [0.15, 0.2) is 48.5 Å². The molecule has 4 aromatic rings. The van der Waals surface area contributed by atoms with Gasteiger partial charge in [0.15, 0.2) is 0 Å². The van der Waals surface area contributed by atoms with Crippen LogP contribution in [-0.4, -0.2) is 15.0 Å². The van der Waals surface area contributed by atoms with Crippen molar-refractivity contribution in [3.05, 3.63) is 65.6 Å². The summed E-state index contributed by atoms with van der Waals surface area (Å²) in [6, 6.07) is 17.3. The van der Waals surface area contributed by atoms with Crippen molar-refractivity contribution in [2.75, 3.05) is 0 Å². The number of hydrogen-bond acceptors (Lipinski definition) is 1. The molecule has 0 aliphatic carbocycles. The molecule has 0 bridgehead atoms. The number of nitrogens with one attached hydrogen (secondary N) is 2. The SMILES string of the molecule is CC(C)(C)c1cc2cc(CC(C)(C)c3nc4ccccc4[nH]3)ccc2[nH]1. The quantitative estimate of drug-likeness (QED) is 0.480. The van der Waals surface area contributed by atoms with Crippen molar-refractivity contribution in [2.24, 2.45) is 0 Å². The van der Waals surface area contributed by atoms with Gasteiger partial charge in [0, 0.05) is 22.0 Å². The van der Waals surface area contributed by atoms with Gasteiger partial charge in [-0.15, -0.1) is 0 Å². The largest absolute Gasteiger partial charge is 0.358 e. The molecule has 2 aromatic carbocycles. The Morgan fingerprint density at radius 2 is 1.62 bits per heavy atom. The number of benzene rings is 2. The van der Waals surface area contributed by atoms with E-state index in [0.29, 0.717) is 0 Å². The highest BCUT2D eigenvalue weighted by Gasteiger charge is 2.25. The highest BCUT2D eigenvalue weighted by molar-refractivity contribution is 5.81. The van der Waals surface area contributed by atoms with E-state index < -0.39 is 0 Å². The van der Waals surface area contributed by atoms with E-state index in [0.717, 1.165) is 23.3 Å². The Morgan fingerprint density at radius 1 is 0.846 bits per heavy atom.